The van der Waals surface area contributed by atoms with Gasteiger partial charge in [0.25, 0.3) is 12.2 Å². The Hall–Kier alpha value is -2.03. The van der Waals surface area contributed by atoms with Crippen LogP contribution in [-0.2, 0) is 24.7 Å². The van der Waals surface area contributed by atoms with Gasteiger partial charge >= 0.3 is 5.69 Å². The number of nitrogens with zero attached hydrogens (tertiary/aromatic N) is 3. The van der Waals surface area contributed by atoms with Crippen molar-refractivity contribution in [3.05, 3.63) is 22.7 Å². The summed E-state index contributed by atoms with van der Waals surface area (Å²) in [5.41, 5.74) is 2.85. The van der Waals surface area contributed by atoms with E-state index in [2.05, 4.69) is 4.98 Å². The maximum atomic E-state index is 12.2. The van der Waals surface area contributed by atoms with E-state index in [9.17, 15) is 15.2 Å². The molecule has 1 aromatic rings. The van der Waals surface area contributed by atoms with Crippen molar-refractivity contribution in [3.8, 4) is 6.07 Å². The molecule has 124 valence electrons. The molecule has 6 atom stereocenters. The Morgan fingerprint density at radius 2 is 2.35 bits per heavy atom. The van der Waals surface area contributed by atoms with Crippen molar-refractivity contribution in [2.45, 2.75) is 43.5 Å². The van der Waals surface area contributed by atoms with E-state index in [0.717, 1.165) is 4.57 Å². The molecule has 0 saturated carbocycles. The van der Waals surface area contributed by atoms with Crippen molar-refractivity contribution in [1.82, 2.24) is 9.55 Å². The first-order valence-electron chi connectivity index (χ1n) is 6.89. The van der Waals surface area contributed by atoms with E-state index < -0.39 is 42.3 Å². The highest BCUT2D eigenvalue weighted by Gasteiger charge is 2.64. The standard InChI is InChI=1S/C13H16N4O6/c1-6(18)8-9-10(22-12(20-2)21-9)13(5-14,23-8)17-4-3-7(15)16-11(17)19/h3-4,6,8-10,12,18H,1-2H3,(H2,15,16,19)/t6-,8-,9-,10-,12+,13-/m1/s1. The van der Waals surface area contributed by atoms with E-state index >= 15 is 0 Å². The molecule has 3 heterocycles. The zero-order chi connectivity index (χ0) is 16.8. The van der Waals surface area contributed by atoms with Crippen LogP contribution in [0.1, 0.15) is 6.92 Å². The van der Waals surface area contributed by atoms with Gasteiger partial charge in [0.05, 0.1) is 6.10 Å². The summed E-state index contributed by atoms with van der Waals surface area (Å²) in [4.78, 5) is 15.8. The van der Waals surface area contributed by atoms with Crippen LogP contribution in [0.3, 0.4) is 0 Å². The first kappa shape index (κ1) is 15.9. The zero-order valence-electron chi connectivity index (χ0n) is 12.4. The van der Waals surface area contributed by atoms with Crippen LogP contribution in [0.15, 0.2) is 17.1 Å². The lowest BCUT2D eigenvalue weighted by Gasteiger charge is -2.28. The number of methoxy groups -OCH3 is 1. The number of aliphatic hydroxyl groups is 1. The highest BCUT2D eigenvalue weighted by molar-refractivity contribution is 5.25. The summed E-state index contributed by atoms with van der Waals surface area (Å²) < 4.78 is 22.7. The SMILES string of the molecule is CO[C@H]1O[C@@H]2[C@@H]([C@@H](C)O)O[C@@](C#N)(n3ccc(N)nc3=O)[C@@H]2O1. The van der Waals surface area contributed by atoms with Crippen LogP contribution in [0.5, 0.6) is 0 Å². The van der Waals surface area contributed by atoms with Crippen LogP contribution in [0, 0.1) is 11.3 Å². The molecule has 0 amide bonds. The minimum atomic E-state index is -1.85. The van der Waals surface area contributed by atoms with Gasteiger partial charge in [-0.3, -0.25) is 4.57 Å². The second-order valence-electron chi connectivity index (χ2n) is 5.32. The topological polar surface area (TPSA) is 142 Å². The number of hydrogen-bond acceptors (Lipinski definition) is 9. The van der Waals surface area contributed by atoms with Crippen molar-refractivity contribution < 1.29 is 24.1 Å². The Labute approximate surface area is 130 Å². The smallest absolute Gasteiger partial charge is 0.352 e. The minimum absolute atomic E-state index is 0.0133. The first-order valence-corrected chi connectivity index (χ1v) is 6.89. The number of ether oxygens (including phenoxy) is 4. The number of rotatable bonds is 3. The lowest BCUT2D eigenvalue weighted by molar-refractivity contribution is -0.270. The molecular weight excluding hydrogens is 308 g/mol. The van der Waals surface area contributed by atoms with E-state index in [1.54, 1.807) is 0 Å². The van der Waals surface area contributed by atoms with Crippen molar-refractivity contribution in [3.63, 3.8) is 0 Å². The summed E-state index contributed by atoms with van der Waals surface area (Å²) in [6.07, 6.45) is -2.33. The van der Waals surface area contributed by atoms with Gasteiger partial charge in [0.1, 0.15) is 24.1 Å². The van der Waals surface area contributed by atoms with Crippen LogP contribution in [0.2, 0.25) is 0 Å². The van der Waals surface area contributed by atoms with Crippen LogP contribution < -0.4 is 11.4 Å². The highest BCUT2D eigenvalue weighted by atomic mass is 16.9. The Balaban J connectivity index is 2.11. The predicted molar refractivity (Wildman–Crippen MR) is 73.6 cm³/mol. The molecule has 0 bridgehead atoms. The van der Waals surface area contributed by atoms with E-state index in [4.69, 9.17) is 24.7 Å². The van der Waals surface area contributed by atoms with Crippen LogP contribution in [0.4, 0.5) is 5.82 Å². The largest absolute Gasteiger partial charge is 0.391 e. The first-order chi connectivity index (χ1) is 10.9. The number of nitrogens with two attached hydrogens (primary N) is 1. The van der Waals surface area contributed by atoms with Crippen molar-refractivity contribution in [2.24, 2.45) is 0 Å². The van der Waals surface area contributed by atoms with Gasteiger partial charge in [-0.25, -0.2) is 4.79 Å². The second kappa shape index (κ2) is 5.55. The number of aromatic nitrogens is 2. The van der Waals surface area contributed by atoms with Crippen LogP contribution in [0.25, 0.3) is 0 Å². The van der Waals surface area contributed by atoms with Gasteiger partial charge in [-0.05, 0) is 13.0 Å². The minimum Gasteiger partial charge on any atom is -0.391 e. The van der Waals surface area contributed by atoms with Crippen LogP contribution in [-0.4, -0.2) is 52.7 Å². The third kappa shape index (κ3) is 2.30. The van der Waals surface area contributed by atoms with Gasteiger partial charge in [0.2, 0.25) is 0 Å². The number of fused-ring (bicyclic) bond motifs is 1. The third-order valence-corrected chi connectivity index (χ3v) is 3.86. The summed E-state index contributed by atoms with van der Waals surface area (Å²) in [5.74, 6) is 0.0133. The van der Waals surface area contributed by atoms with Crippen molar-refractivity contribution >= 4 is 5.82 Å². The summed E-state index contributed by atoms with van der Waals surface area (Å²) in [5, 5.41) is 19.6. The number of nitriles is 1. The maximum Gasteiger partial charge on any atom is 0.352 e. The third-order valence-electron chi connectivity index (χ3n) is 3.86. The molecule has 2 aliphatic heterocycles. The van der Waals surface area contributed by atoms with Crippen LogP contribution >= 0.6 is 0 Å². The van der Waals surface area contributed by atoms with Crippen molar-refractivity contribution in [1.29, 1.82) is 5.26 Å². The quantitative estimate of drug-likeness (QED) is 0.678. The molecule has 2 fully saturated rings. The Bertz CT molecular complexity index is 700. The average molecular weight is 324 g/mol. The Morgan fingerprint density at radius 3 is 2.91 bits per heavy atom. The fourth-order valence-corrected chi connectivity index (χ4v) is 2.83. The molecule has 3 rings (SSSR count). The highest BCUT2D eigenvalue weighted by Crippen LogP contribution is 2.43. The second-order valence-corrected chi connectivity index (χ2v) is 5.32. The average Bonchev–Trinajstić information content (AvgIpc) is 3.05. The Kier molecular flexibility index (Phi) is 3.83. The van der Waals surface area contributed by atoms with E-state index in [1.807, 2.05) is 6.07 Å². The number of anilines is 1. The molecule has 1 aromatic heterocycles. The molecule has 10 heteroatoms. The van der Waals surface area contributed by atoms with Gasteiger partial charge in [-0.15, -0.1) is 0 Å². The summed E-state index contributed by atoms with van der Waals surface area (Å²) in [6.45, 7) is 0.461. The fraction of sp³-hybridized carbons (Fsp3) is 0.615. The van der Waals surface area contributed by atoms with E-state index in [-0.39, 0.29) is 5.82 Å². The molecule has 2 aliphatic rings. The van der Waals surface area contributed by atoms with Gasteiger partial charge in [0, 0.05) is 13.3 Å². The van der Waals surface area contributed by atoms with Crippen molar-refractivity contribution in [2.75, 3.05) is 12.8 Å². The lowest BCUT2D eigenvalue weighted by atomic mass is 10.0. The van der Waals surface area contributed by atoms with Gasteiger partial charge in [-0.2, -0.15) is 10.2 Å². The molecule has 23 heavy (non-hydrogen) atoms. The predicted octanol–water partition coefficient (Wildman–Crippen LogP) is -1.50. The lowest BCUT2D eigenvalue weighted by Crippen LogP contribution is -2.49. The Morgan fingerprint density at radius 1 is 1.61 bits per heavy atom. The van der Waals surface area contributed by atoms with Gasteiger partial charge in [0.15, 0.2) is 6.10 Å². The summed E-state index contributed by atoms with van der Waals surface area (Å²) in [6, 6.07) is 3.30. The number of hydrogen-bond donors (Lipinski definition) is 2. The molecule has 0 radical (unpaired) electrons. The zero-order valence-corrected chi connectivity index (χ0v) is 12.4. The number of aliphatic hydroxyl groups excluding tert-OH is 1. The summed E-state index contributed by atoms with van der Waals surface area (Å²) >= 11 is 0. The van der Waals surface area contributed by atoms with Gasteiger partial charge < -0.3 is 29.8 Å². The molecule has 0 unspecified atom stereocenters. The number of nitrogen functional groups attached to an aromatic ring is 1. The molecule has 10 nitrogen and oxygen atoms in total. The molecule has 3 N–H and O–H groups in total. The normalized spacial score (nSPS) is 37.3. The fourth-order valence-electron chi connectivity index (χ4n) is 2.83. The maximum absolute atomic E-state index is 12.2. The molecule has 0 aromatic carbocycles. The van der Waals surface area contributed by atoms with E-state index in [1.165, 1.54) is 26.3 Å². The summed E-state index contributed by atoms with van der Waals surface area (Å²) in [7, 11) is 1.37. The van der Waals surface area contributed by atoms with Gasteiger partial charge in [-0.1, -0.05) is 0 Å². The van der Waals surface area contributed by atoms with E-state index in [0.29, 0.717) is 0 Å². The monoisotopic (exact) mass is 324 g/mol. The molecule has 2 saturated heterocycles. The molecule has 0 spiro atoms. The molecular formula is C13H16N4O6. The molecule has 0 aliphatic carbocycles.